The van der Waals surface area contributed by atoms with Crippen molar-refractivity contribution in [1.82, 2.24) is 9.88 Å². The average Bonchev–Trinajstić information content (AvgIpc) is 3.41. The maximum atomic E-state index is 11.1. The van der Waals surface area contributed by atoms with Gasteiger partial charge in [-0.15, -0.1) is 0 Å². The molecule has 186 valence electrons. The zero-order valence-corrected chi connectivity index (χ0v) is 21.4. The molecular weight excluding hydrogens is 456 g/mol. The molecule has 0 unspecified atom stereocenters. The second kappa shape index (κ2) is 7.08. The Kier molecular flexibility index (Phi) is 4.13. The summed E-state index contributed by atoms with van der Waals surface area (Å²) in [4.78, 5) is 6.42. The predicted octanol–water partition coefficient (Wildman–Crippen LogP) is 6.33. The van der Waals surface area contributed by atoms with Crippen molar-refractivity contribution >= 4 is 17.0 Å². The highest BCUT2D eigenvalue weighted by molar-refractivity contribution is 5.86. The van der Waals surface area contributed by atoms with E-state index in [0.29, 0.717) is 11.8 Å². The molecule has 0 saturated carbocycles. The van der Waals surface area contributed by atoms with Gasteiger partial charge in [-0.05, 0) is 75.0 Å². The largest absolute Gasteiger partial charge is 0.504 e. The van der Waals surface area contributed by atoms with E-state index >= 15 is 0 Å². The number of aromatic amines is 1. The van der Waals surface area contributed by atoms with E-state index in [-0.39, 0.29) is 16.6 Å². The number of aromatic hydroxyl groups is 1. The highest BCUT2D eigenvalue weighted by Gasteiger charge is 2.76. The predicted molar refractivity (Wildman–Crippen MR) is 147 cm³/mol. The highest BCUT2D eigenvalue weighted by Crippen LogP contribution is 2.75. The number of ether oxygens (including phenoxy) is 1. The number of aromatic nitrogens is 1. The number of nitrogens with zero attached hydrogens (tertiary/aromatic N) is 1. The number of benzene rings is 3. The average molecular weight is 489 g/mol. The van der Waals surface area contributed by atoms with E-state index in [9.17, 15) is 5.11 Å². The Bertz CT molecular complexity index is 1600. The van der Waals surface area contributed by atoms with Gasteiger partial charge < -0.3 is 19.7 Å². The number of phenols is 1. The van der Waals surface area contributed by atoms with E-state index in [0.717, 1.165) is 32.2 Å². The van der Waals surface area contributed by atoms with E-state index in [2.05, 4.69) is 96.7 Å². The van der Waals surface area contributed by atoms with Gasteiger partial charge in [0.05, 0.1) is 11.1 Å². The minimum absolute atomic E-state index is 0.0654. The molecule has 4 aromatic rings. The number of rotatable bonds is 3. The van der Waals surface area contributed by atoms with Gasteiger partial charge in [-0.3, -0.25) is 0 Å². The standard InChI is InChI=1S/C33H32N2O2/c1-31-30-24(23-12-6-7-13-25(23)34-30)20-32(16-8-11-21-9-4-3-5-10-21)27-19-22-14-15-26(36)29(37-31)28(22)33(31,32)17-18-35(27)2/h3-15,27,34,36H,16-20H2,1-2H3/b11-8+/t27-,31+,32+,33+/m1/s1. The van der Waals surface area contributed by atoms with Crippen LogP contribution in [0.25, 0.3) is 17.0 Å². The number of fused-ring (bicyclic) bond motifs is 4. The molecule has 1 fully saturated rings. The molecule has 4 aliphatic rings. The van der Waals surface area contributed by atoms with E-state index in [4.69, 9.17) is 4.74 Å². The molecule has 2 bridgehead atoms. The zero-order chi connectivity index (χ0) is 25.0. The highest BCUT2D eigenvalue weighted by atomic mass is 16.5. The second-order valence-corrected chi connectivity index (χ2v) is 11.8. The molecule has 2 N–H and O–H groups in total. The van der Waals surface area contributed by atoms with Crippen LogP contribution >= 0.6 is 0 Å². The van der Waals surface area contributed by atoms with Crippen molar-refractivity contribution in [3.8, 4) is 11.5 Å². The molecule has 37 heavy (non-hydrogen) atoms. The molecular formula is C33H32N2O2. The van der Waals surface area contributed by atoms with Gasteiger partial charge in [0.1, 0.15) is 0 Å². The van der Waals surface area contributed by atoms with Gasteiger partial charge in [-0.2, -0.15) is 0 Å². The Labute approximate surface area is 217 Å². The lowest BCUT2D eigenvalue weighted by atomic mass is 9.39. The third-order valence-electron chi connectivity index (χ3n) is 10.4. The molecule has 4 heteroatoms. The number of piperidine rings is 1. The van der Waals surface area contributed by atoms with Crippen molar-refractivity contribution in [2.45, 2.75) is 49.7 Å². The lowest BCUT2D eigenvalue weighted by Gasteiger charge is -2.67. The third kappa shape index (κ3) is 2.43. The molecule has 1 spiro atoms. The molecule has 3 heterocycles. The van der Waals surface area contributed by atoms with Crippen LogP contribution in [-0.2, 0) is 23.9 Å². The quantitative estimate of drug-likeness (QED) is 0.355. The molecule has 8 rings (SSSR count). The molecule has 2 aliphatic heterocycles. The van der Waals surface area contributed by atoms with Gasteiger partial charge in [0, 0.05) is 27.9 Å². The van der Waals surface area contributed by atoms with Crippen molar-refractivity contribution in [3.05, 3.63) is 101 Å². The first-order chi connectivity index (χ1) is 18.0. The number of hydrogen-bond donors (Lipinski definition) is 2. The van der Waals surface area contributed by atoms with Gasteiger partial charge >= 0.3 is 0 Å². The summed E-state index contributed by atoms with van der Waals surface area (Å²) in [5.74, 6) is 0.985. The Morgan fingerprint density at radius 3 is 2.76 bits per heavy atom. The Morgan fingerprint density at radius 1 is 1.08 bits per heavy atom. The van der Waals surface area contributed by atoms with Crippen LogP contribution in [0.4, 0.5) is 0 Å². The summed E-state index contributed by atoms with van der Waals surface area (Å²) >= 11 is 0. The fourth-order valence-electron chi connectivity index (χ4n) is 8.98. The van der Waals surface area contributed by atoms with E-state index in [1.54, 1.807) is 0 Å². The molecule has 2 aliphatic carbocycles. The van der Waals surface area contributed by atoms with Crippen molar-refractivity contribution in [2.75, 3.05) is 13.6 Å². The summed E-state index contributed by atoms with van der Waals surface area (Å²) in [7, 11) is 2.31. The van der Waals surface area contributed by atoms with Gasteiger partial charge in [0.15, 0.2) is 17.1 Å². The maximum absolute atomic E-state index is 11.1. The van der Waals surface area contributed by atoms with E-state index < -0.39 is 5.60 Å². The van der Waals surface area contributed by atoms with Crippen molar-refractivity contribution in [2.24, 2.45) is 5.41 Å². The summed E-state index contributed by atoms with van der Waals surface area (Å²) < 4.78 is 7.05. The number of para-hydroxylation sites is 1. The minimum atomic E-state index is -0.587. The molecule has 0 amide bonds. The first kappa shape index (κ1) is 21.6. The zero-order valence-electron chi connectivity index (χ0n) is 21.4. The molecule has 1 saturated heterocycles. The van der Waals surface area contributed by atoms with Gasteiger partial charge in [-0.25, -0.2) is 0 Å². The third-order valence-corrected chi connectivity index (χ3v) is 10.4. The fourth-order valence-corrected chi connectivity index (χ4v) is 8.98. The number of allylic oxidation sites excluding steroid dienone is 1. The summed E-state index contributed by atoms with van der Waals surface area (Å²) in [6.45, 7) is 3.32. The number of likely N-dealkylation sites (tertiary alicyclic amines) is 1. The molecule has 0 radical (unpaired) electrons. The number of likely N-dealkylation sites (N-methyl/N-ethyl adjacent to an activating group) is 1. The maximum Gasteiger partial charge on any atom is 0.166 e. The minimum Gasteiger partial charge on any atom is -0.504 e. The van der Waals surface area contributed by atoms with Crippen LogP contribution in [-0.4, -0.2) is 34.6 Å². The van der Waals surface area contributed by atoms with Crippen LogP contribution in [0.2, 0.25) is 0 Å². The molecule has 4 atom stereocenters. The van der Waals surface area contributed by atoms with Gasteiger partial charge in [-0.1, -0.05) is 66.7 Å². The first-order valence-corrected chi connectivity index (χ1v) is 13.5. The summed E-state index contributed by atoms with van der Waals surface area (Å²) in [6.07, 6.45) is 8.65. The first-order valence-electron chi connectivity index (χ1n) is 13.5. The second-order valence-electron chi connectivity index (χ2n) is 11.8. The molecule has 1 aromatic heterocycles. The lowest BCUT2D eigenvalue weighted by molar-refractivity contribution is -0.142. The normalized spacial score (nSPS) is 31.4. The van der Waals surface area contributed by atoms with Crippen molar-refractivity contribution in [1.29, 1.82) is 0 Å². The number of phenolic OH excluding ortho intramolecular Hbond substituents is 1. The summed E-state index contributed by atoms with van der Waals surface area (Å²) in [5.41, 5.74) is 6.73. The number of hydrogen-bond acceptors (Lipinski definition) is 3. The van der Waals surface area contributed by atoms with Gasteiger partial charge in [0.25, 0.3) is 0 Å². The van der Waals surface area contributed by atoms with Crippen LogP contribution in [0.15, 0.2) is 72.8 Å². The lowest BCUT2D eigenvalue weighted by Crippen LogP contribution is -2.73. The van der Waals surface area contributed by atoms with Crippen molar-refractivity contribution in [3.63, 3.8) is 0 Å². The number of nitrogens with one attached hydrogen (secondary N) is 1. The summed E-state index contributed by atoms with van der Waals surface area (Å²) in [6, 6.07) is 23.7. The Balaban J connectivity index is 1.44. The fraction of sp³-hybridized carbons (Fsp3) is 0.333. The van der Waals surface area contributed by atoms with E-state index in [1.165, 1.54) is 38.9 Å². The monoisotopic (exact) mass is 488 g/mol. The van der Waals surface area contributed by atoms with Gasteiger partial charge in [0.2, 0.25) is 0 Å². The topological polar surface area (TPSA) is 48.5 Å². The number of H-pyrrole nitrogens is 1. The van der Waals surface area contributed by atoms with Crippen LogP contribution in [0, 0.1) is 5.41 Å². The van der Waals surface area contributed by atoms with Crippen LogP contribution in [0.3, 0.4) is 0 Å². The van der Waals surface area contributed by atoms with E-state index in [1.807, 2.05) is 6.07 Å². The van der Waals surface area contributed by atoms with Crippen LogP contribution in [0.1, 0.15) is 47.7 Å². The Morgan fingerprint density at radius 2 is 1.89 bits per heavy atom. The summed E-state index contributed by atoms with van der Waals surface area (Å²) in [5, 5.41) is 12.4. The van der Waals surface area contributed by atoms with Crippen LogP contribution in [0.5, 0.6) is 11.5 Å². The smallest absolute Gasteiger partial charge is 0.166 e. The Hall–Kier alpha value is -3.50. The van der Waals surface area contributed by atoms with Crippen LogP contribution < -0.4 is 4.74 Å². The SMILES string of the molecule is CN1CC[C@]23c4c5ccc(O)c4O[C@@]2(C)c2[nH]c4ccccc4c2C[C@@]3(C/C=C/c2ccccc2)[C@H]1C5. The molecule has 4 nitrogen and oxygen atoms in total. The molecule has 3 aromatic carbocycles. The van der Waals surface area contributed by atoms with Crippen molar-refractivity contribution < 1.29 is 9.84 Å².